The van der Waals surface area contributed by atoms with Crippen LogP contribution < -0.4 is 0 Å². The highest BCUT2D eigenvalue weighted by Gasteiger charge is 2.21. The summed E-state index contributed by atoms with van der Waals surface area (Å²) in [5, 5.41) is 13.1. The van der Waals surface area contributed by atoms with E-state index in [2.05, 4.69) is 15.5 Å². The van der Waals surface area contributed by atoms with Crippen molar-refractivity contribution in [3.8, 4) is 0 Å². The summed E-state index contributed by atoms with van der Waals surface area (Å²) < 4.78 is 26.5. The number of aromatic nitrogens is 4. The summed E-state index contributed by atoms with van der Waals surface area (Å²) in [4.78, 5) is 0.291. The molecule has 1 aliphatic carbocycles. The predicted octanol–water partition coefficient (Wildman–Crippen LogP) is 3.40. The summed E-state index contributed by atoms with van der Waals surface area (Å²) in [5.41, 5.74) is 0. The van der Waals surface area contributed by atoms with Crippen molar-refractivity contribution >= 4 is 33.2 Å². The number of sulfone groups is 1. The molecule has 1 saturated carbocycles. The van der Waals surface area contributed by atoms with Crippen LogP contribution in [0.1, 0.15) is 38.1 Å². The zero-order valence-corrected chi connectivity index (χ0v) is 15.5. The van der Waals surface area contributed by atoms with Crippen molar-refractivity contribution in [2.75, 3.05) is 11.5 Å². The van der Waals surface area contributed by atoms with Gasteiger partial charge in [-0.25, -0.2) is 13.1 Å². The summed E-state index contributed by atoms with van der Waals surface area (Å²) >= 11 is 7.19. The van der Waals surface area contributed by atoms with Gasteiger partial charge >= 0.3 is 0 Å². The Morgan fingerprint density at radius 2 is 1.88 bits per heavy atom. The van der Waals surface area contributed by atoms with E-state index in [9.17, 15) is 8.42 Å². The molecule has 6 nitrogen and oxygen atoms in total. The lowest BCUT2D eigenvalue weighted by Gasteiger charge is -2.21. The first-order valence-electron chi connectivity index (χ1n) is 7.95. The van der Waals surface area contributed by atoms with Gasteiger partial charge in [-0.1, -0.05) is 42.6 Å². The van der Waals surface area contributed by atoms with Crippen molar-refractivity contribution in [3.05, 3.63) is 29.3 Å². The van der Waals surface area contributed by atoms with Gasteiger partial charge in [0.05, 0.1) is 16.7 Å². The predicted molar refractivity (Wildman–Crippen MR) is 94.2 cm³/mol. The molecule has 0 aliphatic heterocycles. The van der Waals surface area contributed by atoms with Crippen LogP contribution in [0.3, 0.4) is 0 Å². The molecule has 1 aliphatic rings. The van der Waals surface area contributed by atoms with Gasteiger partial charge in [-0.2, -0.15) is 0 Å². The molecule has 0 atom stereocenters. The molecule has 0 spiro atoms. The summed E-state index contributed by atoms with van der Waals surface area (Å²) in [6, 6.07) is 6.59. The average Bonchev–Trinajstić information content (AvgIpc) is 3.04. The van der Waals surface area contributed by atoms with Crippen molar-refractivity contribution < 1.29 is 8.42 Å². The number of hydrogen-bond acceptors (Lipinski definition) is 6. The van der Waals surface area contributed by atoms with Crippen LogP contribution in [0.5, 0.6) is 0 Å². The molecule has 1 fully saturated rings. The third kappa shape index (κ3) is 4.29. The molecular weight excluding hydrogens is 368 g/mol. The normalized spacial score (nSPS) is 16.4. The Hall–Kier alpha value is -1.12. The van der Waals surface area contributed by atoms with E-state index in [-0.39, 0.29) is 5.75 Å². The summed E-state index contributed by atoms with van der Waals surface area (Å²) in [6.07, 6.45) is 5.82. The second-order valence-corrected chi connectivity index (χ2v) is 9.43. The fourth-order valence-corrected chi connectivity index (χ4v) is 5.56. The van der Waals surface area contributed by atoms with Gasteiger partial charge < -0.3 is 0 Å². The molecule has 0 radical (unpaired) electrons. The van der Waals surface area contributed by atoms with Gasteiger partial charge in [-0.05, 0) is 47.5 Å². The van der Waals surface area contributed by atoms with Crippen LogP contribution in [0, 0.1) is 0 Å². The Bertz CT molecular complexity index is 771. The van der Waals surface area contributed by atoms with Crippen LogP contribution in [0.2, 0.25) is 5.02 Å². The summed E-state index contributed by atoms with van der Waals surface area (Å²) in [5.74, 6) is 0.453. The minimum atomic E-state index is -3.33. The molecule has 0 N–H and O–H groups in total. The van der Waals surface area contributed by atoms with Crippen LogP contribution in [-0.2, 0) is 9.84 Å². The minimum absolute atomic E-state index is 0.0385. The highest BCUT2D eigenvalue weighted by Crippen LogP contribution is 2.30. The topological polar surface area (TPSA) is 77.7 Å². The zero-order chi connectivity index (χ0) is 17.0. The molecule has 0 amide bonds. The molecule has 1 aromatic heterocycles. The van der Waals surface area contributed by atoms with E-state index in [1.165, 1.54) is 43.2 Å². The van der Waals surface area contributed by atoms with E-state index >= 15 is 0 Å². The monoisotopic (exact) mass is 386 g/mol. The number of tetrazole rings is 1. The van der Waals surface area contributed by atoms with Gasteiger partial charge in [-0.3, -0.25) is 0 Å². The van der Waals surface area contributed by atoms with Crippen LogP contribution >= 0.6 is 23.4 Å². The van der Waals surface area contributed by atoms with Crippen molar-refractivity contribution in [2.45, 2.75) is 48.2 Å². The largest absolute Gasteiger partial charge is 0.224 e. The number of thioether (sulfide) groups is 1. The van der Waals surface area contributed by atoms with Crippen molar-refractivity contribution in [2.24, 2.45) is 0 Å². The third-order valence-corrected chi connectivity index (χ3v) is 7.32. The first-order valence-corrected chi connectivity index (χ1v) is 11.0. The molecule has 2 aromatic rings. The van der Waals surface area contributed by atoms with E-state index in [0.29, 0.717) is 26.9 Å². The quantitative estimate of drug-likeness (QED) is 0.708. The maximum absolute atomic E-state index is 12.3. The van der Waals surface area contributed by atoms with Crippen LogP contribution in [0.4, 0.5) is 0 Å². The number of halogens is 1. The van der Waals surface area contributed by atoms with Crippen LogP contribution in [-0.4, -0.2) is 40.1 Å². The SMILES string of the molecule is O=S(=O)(CCSc1nnnn1C1CCCCC1)c1ccc(Cl)cc1. The maximum Gasteiger partial charge on any atom is 0.209 e. The Balaban J connectivity index is 1.60. The molecule has 0 saturated heterocycles. The van der Waals surface area contributed by atoms with Gasteiger partial charge in [0.1, 0.15) is 0 Å². The first kappa shape index (κ1) is 17.7. The number of hydrogen-bond donors (Lipinski definition) is 0. The van der Waals surface area contributed by atoms with E-state index in [1.807, 2.05) is 4.68 Å². The van der Waals surface area contributed by atoms with Gasteiger partial charge in [0.2, 0.25) is 5.16 Å². The molecule has 3 rings (SSSR count). The molecule has 24 heavy (non-hydrogen) atoms. The van der Waals surface area contributed by atoms with E-state index in [4.69, 9.17) is 11.6 Å². The van der Waals surface area contributed by atoms with Gasteiger partial charge in [0.15, 0.2) is 9.84 Å². The Morgan fingerprint density at radius 3 is 2.58 bits per heavy atom. The summed E-state index contributed by atoms with van der Waals surface area (Å²) in [7, 11) is -3.33. The number of benzene rings is 1. The lowest BCUT2D eigenvalue weighted by Crippen LogP contribution is -2.16. The van der Waals surface area contributed by atoms with Crippen molar-refractivity contribution in [3.63, 3.8) is 0 Å². The summed E-state index contributed by atoms with van der Waals surface area (Å²) in [6.45, 7) is 0. The lowest BCUT2D eigenvalue weighted by molar-refractivity contribution is 0.307. The standard InChI is InChI=1S/C15H19ClN4O2S2/c16-12-6-8-14(9-7-12)24(21,22)11-10-23-15-17-18-19-20(15)13-4-2-1-3-5-13/h6-9,13H,1-5,10-11H2. The van der Waals surface area contributed by atoms with E-state index in [1.54, 1.807) is 12.1 Å². The van der Waals surface area contributed by atoms with Crippen molar-refractivity contribution in [1.82, 2.24) is 20.2 Å². The zero-order valence-electron chi connectivity index (χ0n) is 13.1. The van der Waals surface area contributed by atoms with Gasteiger partial charge in [0, 0.05) is 10.8 Å². The molecule has 9 heteroatoms. The second-order valence-electron chi connectivity index (χ2n) is 5.82. The minimum Gasteiger partial charge on any atom is -0.224 e. The molecule has 0 unspecified atom stereocenters. The number of nitrogens with zero attached hydrogens (tertiary/aromatic N) is 4. The molecule has 130 valence electrons. The molecule has 1 heterocycles. The van der Waals surface area contributed by atoms with E-state index < -0.39 is 9.84 Å². The van der Waals surface area contributed by atoms with Crippen molar-refractivity contribution in [1.29, 1.82) is 0 Å². The highest BCUT2D eigenvalue weighted by molar-refractivity contribution is 8.00. The first-order chi connectivity index (χ1) is 11.6. The Morgan fingerprint density at radius 1 is 1.17 bits per heavy atom. The number of rotatable bonds is 6. The third-order valence-electron chi connectivity index (χ3n) is 4.14. The second kappa shape index (κ2) is 7.84. The Kier molecular flexibility index (Phi) is 5.78. The molecular formula is C15H19ClN4O2S2. The van der Waals surface area contributed by atoms with E-state index in [0.717, 1.165) is 12.8 Å². The molecule has 1 aromatic carbocycles. The maximum atomic E-state index is 12.3. The molecule has 0 bridgehead atoms. The highest BCUT2D eigenvalue weighted by atomic mass is 35.5. The smallest absolute Gasteiger partial charge is 0.209 e. The fourth-order valence-electron chi connectivity index (χ4n) is 2.84. The average molecular weight is 387 g/mol. The van der Waals surface area contributed by atoms with Crippen LogP contribution in [0.15, 0.2) is 34.3 Å². The van der Waals surface area contributed by atoms with Gasteiger partial charge in [-0.15, -0.1) is 5.10 Å². The Labute approximate surface area is 150 Å². The fraction of sp³-hybridized carbons (Fsp3) is 0.533. The lowest BCUT2D eigenvalue weighted by atomic mass is 9.96. The van der Waals surface area contributed by atoms with Crippen LogP contribution in [0.25, 0.3) is 0 Å². The van der Waals surface area contributed by atoms with Gasteiger partial charge in [0.25, 0.3) is 0 Å².